The van der Waals surface area contributed by atoms with E-state index < -0.39 is 0 Å². The van der Waals surface area contributed by atoms with E-state index in [1.54, 1.807) is 13.0 Å². The van der Waals surface area contributed by atoms with Crippen LogP contribution >= 0.6 is 11.3 Å². The highest BCUT2D eigenvalue weighted by molar-refractivity contribution is 7.14. The molecule has 21 heavy (non-hydrogen) atoms. The molecule has 0 saturated heterocycles. The number of ketones is 1. The molecule has 0 radical (unpaired) electrons. The molecule has 1 rings (SSSR count). The summed E-state index contributed by atoms with van der Waals surface area (Å²) in [4.78, 5) is 36.3. The minimum absolute atomic E-state index is 0.00484. The van der Waals surface area contributed by atoms with Crippen molar-refractivity contribution in [2.24, 2.45) is 0 Å². The monoisotopic (exact) mass is 311 g/mol. The van der Waals surface area contributed by atoms with Crippen LogP contribution in [0.25, 0.3) is 0 Å². The van der Waals surface area contributed by atoms with Crippen LogP contribution < -0.4 is 5.32 Å². The first kappa shape index (κ1) is 17.4. The number of hydrogen-bond donors (Lipinski definition) is 1. The summed E-state index contributed by atoms with van der Waals surface area (Å²) in [6.45, 7) is 4.49. The minimum atomic E-state index is -0.255. The zero-order valence-electron chi connectivity index (χ0n) is 12.4. The van der Waals surface area contributed by atoms with Crippen LogP contribution in [0.15, 0.2) is 12.1 Å². The molecule has 0 bridgehead atoms. The maximum atomic E-state index is 11.8. The summed E-state index contributed by atoms with van der Waals surface area (Å²) < 4.78 is 4.78. The van der Waals surface area contributed by atoms with Crippen molar-refractivity contribution in [2.45, 2.75) is 39.5 Å². The van der Waals surface area contributed by atoms with Crippen LogP contribution in [0, 0.1) is 6.92 Å². The van der Waals surface area contributed by atoms with E-state index in [-0.39, 0.29) is 30.5 Å². The van der Waals surface area contributed by atoms with Gasteiger partial charge in [-0.15, -0.1) is 11.3 Å². The van der Waals surface area contributed by atoms with Crippen LogP contribution in [-0.4, -0.2) is 30.8 Å². The third-order valence-electron chi connectivity index (χ3n) is 2.78. The van der Waals surface area contributed by atoms with E-state index in [4.69, 9.17) is 4.74 Å². The molecule has 1 N–H and O–H groups in total. The van der Waals surface area contributed by atoms with Crippen molar-refractivity contribution in [3.05, 3.63) is 21.9 Å². The molecule has 1 aromatic rings. The van der Waals surface area contributed by atoms with Crippen LogP contribution in [0.5, 0.6) is 0 Å². The molecule has 1 amide bonds. The summed E-state index contributed by atoms with van der Waals surface area (Å²) >= 11 is 1.44. The maximum absolute atomic E-state index is 11.8. The summed E-state index contributed by atoms with van der Waals surface area (Å²) in [5.41, 5.74) is 0. The first-order valence-electron chi connectivity index (χ1n) is 7.05. The fraction of sp³-hybridized carbons (Fsp3) is 0.533. The Morgan fingerprint density at radius 1 is 1.19 bits per heavy atom. The number of hydrogen-bond acceptors (Lipinski definition) is 5. The zero-order valence-corrected chi connectivity index (χ0v) is 13.3. The van der Waals surface area contributed by atoms with Gasteiger partial charge in [-0.2, -0.15) is 0 Å². The number of carbonyl (C=O) groups excluding carboxylic acids is 3. The third kappa shape index (κ3) is 7.04. The number of thiophene rings is 1. The molecule has 0 aliphatic rings. The zero-order chi connectivity index (χ0) is 15.7. The van der Waals surface area contributed by atoms with Crippen molar-refractivity contribution < 1.29 is 19.1 Å². The summed E-state index contributed by atoms with van der Waals surface area (Å²) in [7, 11) is 0. The lowest BCUT2D eigenvalue weighted by molar-refractivity contribution is -0.143. The lowest BCUT2D eigenvalue weighted by Gasteiger charge is -2.04. The van der Waals surface area contributed by atoms with E-state index in [1.807, 2.05) is 13.0 Å². The first-order valence-corrected chi connectivity index (χ1v) is 7.86. The number of ether oxygens (including phenoxy) is 1. The molecule has 5 nitrogen and oxygen atoms in total. The smallest absolute Gasteiger partial charge is 0.305 e. The topological polar surface area (TPSA) is 72.5 Å². The summed E-state index contributed by atoms with van der Waals surface area (Å²) in [6, 6.07) is 3.69. The molecule has 6 heteroatoms. The van der Waals surface area contributed by atoms with Crippen LogP contribution in [0.1, 0.15) is 47.2 Å². The number of amides is 1. The van der Waals surface area contributed by atoms with Gasteiger partial charge < -0.3 is 10.1 Å². The largest absolute Gasteiger partial charge is 0.466 e. The van der Waals surface area contributed by atoms with Crippen LogP contribution in [0.3, 0.4) is 0 Å². The molecule has 0 unspecified atom stereocenters. The third-order valence-corrected chi connectivity index (χ3v) is 3.82. The Kier molecular flexibility index (Phi) is 7.68. The van der Waals surface area contributed by atoms with Crippen molar-refractivity contribution in [3.8, 4) is 0 Å². The van der Waals surface area contributed by atoms with E-state index in [0.717, 1.165) is 4.88 Å². The van der Waals surface area contributed by atoms with Crippen LogP contribution in [0.4, 0.5) is 0 Å². The van der Waals surface area contributed by atoms with Gasteiger partial charge in [-0.3, -0.25) is 14.4 Å². The van der Waals surface area contributed by atoms with Gasteiger partial charge in [0.1, 0.15) is 0 Å². The highest BCUT2D eigenvalue weighted by atomic mass is 32.1. The lowest BCUT2D eigenvalue weighted by atomic mass is 10.2. The fourth-order valence-corrected chi connectivity index (χ4v) is 2.55. The molecule has 0 saturated carbocycles. The van der Waals surface area contributed by atoms with Crippen LogP contribution in [-0.2, 0) is 14.3 Å². The van der Waals surface area contributed by atoms with Gasteiger partial charge in [0.05, 0.1) is 11.5 Å². The summed E-state index contributed by atoms with van der Waals surface area (Å²) in [6.07, 6.45) is 1.23. The van der Waals surface area contributed by atoms with Gasteiger partial charge in [0.15, 0.2) is 5.78 Å². The number of esters is 1. The molecule has 0 aliphatic carbocycles. The van der Waals surface area contributed by atoms with Crippen molar-refractivity contribution in [1.29, 1.82) is 0 Å². The van der Waals surface area contributed by atoms with E-state index in [1.165, 1.54) is 11.3 Å². The SMILES string of the molecule is CCOC(=O)CCCNC(=O)CCC(=O)c1ccc(C)s1. The number of nitrogens with one attached hydrogen (secondary N) is 1. The van der Waals surface area contributed by atoms with Crippen molar-refractivity contribution >= 4 is 29.0 Å². The molecule has 0 fully saturated rings. The second-order valence-corrected chi connectivity index (χ2v) is 5.88. The second-order valence-electron chi connectivity index (χ2n) is 4.59. The Morgan fingerprint density at radius 2 is 1.95 bits per heavy atom. The standard InChI is InChI=1S/C15H21NO4S/c1-3-20-15(19)5-4-10-16-14(18)9-7-12(17)13-8-6-11(2)21-13/h6,8H,3-5,7,9-10H2,1-2H3,(H,16,18). The highest BCUT2D eigenvalue weighted by Crippen LogP contribution is 2.17. The second kappa shape index (κ2) is 9.28. The average Bonchev–Trinajstić information content (AvgIpc) is 2.88. The Hall–Kier alpha value is -1.69. The molecule has 0 aromatic carbocycles. The number of Topliss-reactive ketones (excluding diaryl/α,β-unsaturated/α-hetero) is 1. The Labute approximate surface area is 128 Å². The summed E-state index contributed by atoms with van der Waals surface area (Å²) in [5, 5.41) is 2.70. The molecule has 0 spiro atoms. The van der Waals surface area contributed by atoms with Gasteiger partial charge in [0, 0.05) is 30.7 Å². The minimum Gasteiger partial charge on any atom is -0.466 e. The number of aryl methyl sites for hydroxylation is 1. The van der Waals surface area contributed by atoms with Crippen molar-refractivity contribution in [3.63, 3.8) is 0 Å². The fourth-order valence-electron chi connectivity index (χ4n) is 1.72. The predicted molar refractivity (Wildman–Crippen MR) is 81.5 cm³/mol. The van der Waals surface area contributed by atoms with Crippen molar-refractivity contribution in [1.82, 2.24) is 5.32 Å². The quantitative estimate of drug-likeness (QED) is 0.432. The predicted octanol–water partition coefficient (Wildman–Crippen LogP) is 2.48. The van der Waals surface area contributed by atoms with Gasteiger partial charge in [-0.1, -0.05) is 0 Å². The maximum Gasteiger partial charge on any atom is 0.305 e. The molecule has 0 aliphatic heterocycles. The summed E-state index contributed by atoms with van der Waals surface area (Å²) in [5.74, 6) is -0.426. The number of carbonyl (C=O) groups is 3. The van der Waals surface area contributed by atoms with Gasteiger partial charge in [-0.05, 0) is 32.4 Å². The molecule has 1 aromatic heterocycles. The first-order chi connectivity index (χ1) is 10.0. The molecular formula is C15H21NO4S. The normalized spacial score (nSPS) is 10.2. The highest BCUT2D eigenvalue weighted by Gasteiger charge is 2.11. The van der Waals surface area contributed by atoms with Gasteiger partial charge >= 0.3 is 5.97 Å². The average molecular weight is 311 g/mol. The molecule has 1 heterocycles. The van der Waals surface area contributed by atoms with E-state index in [2.05, 4.69) is 5.32 Å². The molecule has 116 valence electrons. The Bertz CT molecular complexity index is 496. The van der Waals surface area contributed by atoms with Gasteiger partial charge in [0.2, 0.25) is 5.91 Å². The Morgan fingerprint density at radius 3 is 2.57 bits per heavy atom. The number of rotatable bonds is 9. The molecule has 0 atom stereocenters. The Balaban J connectivity index is 2.14. The van der Waals surface area contributed by atoms with E-state index >= 15 is 0 Å². The van der Waals surface area contributed by atoms with Crippen LogP contribution in [0.2, 0.25) is 0 Å². The van der Waals surface area contributed by atoms with E-state index in [9.17, 15) is 14.4 Å². The lowest BCUT2D eigenvalue weighted by Crippen LogP contribution is -2.25. The molecular weight excluding hydrogens is 290 g/mol. The van der Waals surface area contributed by atoms with Gasteiger partial charge in [-0.25, -0.2) is 0 Å². The van der Waals surface area contributed by atoms with Crippen molar-refractivity contribution in [2.75, 3.05) is 13.2 Å². The van der Waals surface area contributed by atoms with Gasteiger partial charge in [0.25, 0.3) is 0 Å². The van der Waals surface area contributed by atoms with E-state index in [0.29, 0.717) is 30.9 Å².